The molecule has 95 heavy (non-hydrogen) atoms. The molecule has 6 aromatic heterocycles. The molecule has 0 saturated carbocycles. The summed E-state index contributed by atoms with van der Waals surface area (Å²) in [5.74, 6) is 0. The fourth-order valence-electron chi connectivity index (χ4n) is 16.5. The first kappa shape index (κ1) is 51.7. The van der Waals surface area contributed by atoms with Gasteiger partial charge >= 0.3 is 0 Å². The van der Waals surface area contributed by atoms with Crippen molar-refractivity contribution in [2.75, 3.05) is 9.80 Å². The van der Waals surface area contributed by atoms with E-state index in [2.05, 4.69) is 316 Å². The molecule has 20 aromatic rings. The maximum absolute atomic E-state index is 7.49. The van der Waals surface area contributed by atoms with E-state index in [-0.39, 0.29) is 6.71 Å². The van der Waals surface area contributed by atoms with Crippen LogP contribution < -0.4 is 25.5 Å². The van der Waals surface area contributed by atoms with Gasteiger partial charge < -0.3 is 27.8 Å². The van der Waals surface area contributed by atoms with Crippen LogP contribution >= 0.6 is 22.7 Å². The highest BCUT2D eigenvalue weighted by Gasteiger charge is 2.48. The fraction of sp³-hybridized carbons (Fsp3) is 0. The second-order valence-corrected chi connectivity index (χ2v) is 27.5. The highest BCUT2D eigenvalue weighted by atomic mass is 32.1. The van der Waals surface area contributed by atoms with Crippen molar-refractivity contribution < 1.29 is 8.83 Å². The van der Waals surface area contributed by atoms with E-state index in [4.69, 9.17) is 8.83 Å². The molecule has 0 atom stereocenters. The molecule has 9 heteroatoms. The maximum atomic E-state index is 7.49. The molecule has 0 bridgehead atoms. The van der Waals surface area contributed by atoms with Gasteiger partial charge in [0.1, 0.15) is 11.2 Å². The van der Waals surface area contributed by atoms with Gasteiger partial charge in [0.2, 0.25) is 0 Å². The molecule has 0 N–H and O–H groups in total. The minimum atomic E-state index is -0.278. The lowest BCUT2D eigenvalue weighted by Crippen LogP contribution is -2.60. The summed E-state index contributed by atoms with van der Waals surface area (Å²) in [4.78, 5) is 5.31. The summed E-state index contributed by atoms with van der Waals surface area (Å²) >= 11 is 3.81. The van der Waals surface area contributed by atoms with Crippen LogP contribution in [0.5, 0.6) is 0 Å². The average Bonchev–Trinajstić information content (AvgIpc) is 1.65. The number of hydrogen-bond acceptors (Lipinski definition) is 6. The lowest BCUT2D eigenvalue weighted by molar-refractivity contribution is 0.669. The summed E-state index contributed by atoms with van der Waals surface area (Å²) in [7, 11) is 0. The van der Waals surface area contributed by atoms with Gasteiger partial charge in [0.05, 0.1) is 49.5 Å². The normalized spacial score (nSPS) is 13.0. The molecular formula is C86H49BN4O2S2. The molecule has 0 spiro atoms. The molecule has 0 aliphatic carbocycles. The molecule has 0 saturated heterocycles. The number of nitrogens with zero attached hydrogens (tertiary/aromatic N) is 4. The van der Waals surface area contributed by atoms with Crippen LogP contribution in [0, 0.1) is 0 Å². The Morgan fingerprint density at radius 2 is 0.747 bits per heavy atom. The maximum Gasteiger partial charge on any atom is 0.264 e. The lowest BCUT2D eigenvalue weighted by Gasteiger charge is -2.44. The van der Waals surface area contributed by atoms with Gasteiger partial charge in [-0.1, -0.05) is 200 Å². The van der Waals surface area contributed by atoms with Gasteiger partial charge in [-0.3, -0.25) is 0 Å². The van der Waals surface area contributed by atoms with Gasteiger partial charge in [0.25, 0.3) is 6.71 Å². The molecule has 0 radical (unpaired) electrons. The Balaban J connectivity index is 0.951. The summed E-state index contributed by atoms with van der Waals surface area (Å²) < 4.78 is 24.8. The van der Waals surface area contributed by atoms with Crippen molar-refractivity contribution in [3.8, 4) is 33.6 Å². The first-order chi connectivity index (χ1) is 47.2. The molecule has 14 aromatic carbocycles. The summed E-state index contributed by atoms with van der Waals surface area (Å²) in [5, 5.41) is 12.7. The largest absolute Gasteiger partial charge is 0.454 e. The van der Waals surface area contributed by atoms with Crippen LogP contribution in [0.2, 0.25) is 0 Å². The number of furan rings is 2. The Morgan fingerprint density at radius 3 is 1.31 bits per heavy atom. The van der Waals surface area contributed by atoms with E-state index in [0.29, 0.717) is 0 Å². The molecule has 0 fully saturated rings. The topological polar surface area (TPSA) is 42.6 Å². The third-order valence-electron chi connectivity index (χ3n) is 20.5. The van der Waals surface area contributed by atoms with Crippen LogP contribution in [-0.2, 0) is 0 Å². The van der Waals surface area contributed by atoms with Crippen molar-refractivity contribution >= 4 is 197 Å². The van der Waals surface area contributed by atoms with Crippen LogP contribution in [0.1, 0.15) is 0 Å². The predicted molar refractivity (Wildman–Crippen MR) is 403 cm³/mol. The number of fused-ring (bicyclic) bond motifs is 22. The molecule has 2 aliphatic rings. The third kappa shape index (κ3) is 7.07. The van der Waals surface area contributed by atoms with Gasteiger partial charge in [-0.15, -0.1) is 22.7 Å². The quantitative estimate of drug-likeness (QED) is 0.156. The Labute approximate surface area is 551 Å². The van der Waals surface area contributed by atoms with Crippen molar-refractivity contribution in [2.24, 2.45) is 0 Å². The van der Waals surface area contributed by atoms with E-state index < -0.39 is 0 Å². The van der Waals surface area contributed by atoms with Gasteiger partial charge in [-0.2, -0.15) is 0 Å². The van der Waals surface area contributed by atoms with E-state index in [0.717, 1.165) is 123 Å². The minimum absolute atomic E-state index is 0.278. The molecule has 22 rings (SSSR count). The highest BCUT2D eigenvalue weighted by Crippen LogP contribution is 2.58. The zero-order valence-corrected chi connectivity index (χ0v) is 52.4. The van der Waals surface area contributed by atoms with Crippen LogP contribution in [0.15, 0.2) is 306 Å². The van der Waals surface area contributed by atoms with E-state index in [1.54, 1.807) is 0 Å². The average molecular weight is 1250 g/mol. The van der Waals surface area contributed by atoms with E-state index in [1.807, 2.05) is 22.7 Å². The first-order valence-electron chi connectivity index (χ1n) is 32.4. The monoisotopic (exact) mass is 1240 g/mol. The number of anilines is 6. The van der Waals surface area contributed by atoms with Gasteiger partial charge in [0, 0.05) is 107 Å². The van der Waals surface area contributed by atoms with Crippen molar-refractivity contribution in [1.82, 2.24) is 9.13 Å². The van der Waals surface area contributed by atoms with Gasteiger partial charge in [0.15, 0.2) is 11.2 Å². The van der Waals surface area contributed by atoms with Crippen LogP contribution in [0.25, 0.3) is 151 Å². The van der Waals surface area contributed by atoms with E-state index in [1.165, 1.54) is 78.5 Å². The zero-order valence-electron chi connectivity index (χ0n) is 50.8. The van der Waals surface area contributed by atoms with Crippen molar-refractivity contribution in [3.63, 3.8) is 0 Å². The second-order valence-electron chi connectivity index (χ2n) is 25.3. The Kier molecular flexibility index (Phi) is 10.5. The number of benzene rings is 14. The number of aromatic nitrogens is 2. The molecule has 440 valence electrons. The van der Waals surface area contributed by atoms with Crippen molar-refractivity contribution in [1.29, 1.82) is 0 Å². The lowest BCUT2D eigenvalue weighted by atomic mass is 9.36. The van der Waals surface area contributed by atoms with Crippen LogP contribution in [0.4, 0.5) is 34.1 Å². The zero-order chi connectivity index (χ0) is 61.7. The summed E-state index contributed by atoms with van der Waals surface area (Å²) in [5.41, 5.74) is 23.5. The predicted octanol–water partition coefficient (Wildman–Crippen LogP) is 22.7. The number of hydrogen-bond donors (Lipinski definition) is 0. The molecule has 2 aliphatic heterocycles. The van der Waals surface area contributed by atoms with Crippen LogP contribution in [0.3, 0.4) is 0 Å². The van der Waals surface area contributed by atoms with E-state index >= 15 is 0 Å². The molecule has 0 unspecified atom stereocenters. The summed E-state index contributed by atoms with van der Waals surface area (Å²) in [6.45, 7) is -0.278. The molecule has 0 amide bonds. The first-order valence-corrected chi connectivity index (χ1v) is 34.1. The third-order valence-corrected chi connectivity index (χ3v) is 22.9. The molecule has 8 heterocycles. The smallest absolute Gasteiger partial charge is 0.264 e. The highest BCUT2D eigenvalue weighted by molar-refractivity contribution is 7.34. The van der Waals surface area contributed by atoms with E-state index in [9.17, 15) is 0 Å². The summed E-state index contributed by atoms with van der Waals surface area (Å²) in [6.07, 6.45) is 0. The number of rotatable bonds is 6. The molecule has 6 nitrogen and oxygen atoms in total. The SMILES string of the molecule is c1ccc(-c2ccc3c(oc4ccccc43)c2N2c3cc4c(sc5ccccc54)c4c3B(c3cc(-n5c6ccccc6c6ccccc65)ccc3N4c3c(-c4ccccc4)ccc4c3oc3ccccc34)c3sc4ccc(-n5c6ccccc6c6ccccc65)cc4c32)cc1. The minimum Gasteiger partial charge on any atom is -0.454 e. The number of para-hydroxylation sites is 6. The van der Waals surface area contributed by atoms with Crippen molar-refractivity contribution in [2.45, 2.75) is 0 Å². The Morgan fingerprint density at radius 1 is 0.295 bits per heavy atom. The number of thiophene rings is 2. The molecular weight excluding hydrogens is 1200 g/mol. The standard InChI is InChI=1S/C86H49BN4O2S2/c1-3-21-50(22-4-1)54-41-43-63-60-29-11-18-36-74(60)92-83(63)79(54)90-72-45-39-53(89-70-34-16-9-27-58(70)59-28-10-17-35-71(59)89)48-67(72)87-78-73(49-65-62-31-13-20-38-76(62)94-85(65)82(78)90)91(80-55(51-23-5-2-6-24-51)42-44-64-61-30-12-19-37-75(61)93-84(64)80)81-66-47-52(40-46-77(66)95-86(81)87)88-68-32-14-7-25-56(68)57-26-8-15-33-69(57)88/h1-49H. The Bertz CT molecular complexity index is 6600. The van der Waals surface area contributed by atoms with Crippen molar-refractivity contribution in [3.05, 3.63) is 297 Å². The van der Waals surface area contributed by atoms with Crippen LogP contribution in [-0.4, -0.2) is 15.8 Å². The fourth-order valence-corrected chi connectivity index (χ4v) is 19.1. The summed E-state index contributed by atoms with van der Waals surface area (Å²) in [6, 6.07) is 110. The Hall–Kier alpha value is -11.9. The van der Waals surface area contributed by atoms with Gasteiger partial charge in [-0.05, 0) is 119 Å². The second kappa shape index (κ2) is 19.4. The van der Waals surface area contributed by atoms with Gasteiger partial charge in [-0.25, -0.2) is 0 Å².